The normalized spacial score (nSPS) is 12.2. The number of anilines is 1. The number of benzene rings is 2. The van der Waals surface area contributed by atoms with Crippen molar-refractivity contribution in [3.05, 3.63) is 65.5 Å². The van der Waals surface area contributed by atoms with E-state index in [2.05, 4.69) is 4.90 Å². The summed E-state index contributed by atoms with van der Waals surface area (Å²) in [7, 11) is 5.82. The van der Waals surface area contributed by atoms with E-state index in [0.29, 0.717) is 5.69 Å². The second-order valence-corrected chi connectivity index (χ2v) is 5.83. The van der Waals surface area contributed by atoms with Crippen molar-refractivity contribution in [2.75, 3.05) is 32.6 Å². The van der Waals surface area contributed by atoms with E-state index in [1.54, 1.807) is 12.1 Å². The molecule has 0 bridgehead atoms. The third-order valence-electron chi connectivity index (χ3n) is 3.80. The number of rotatable bonds is 6. The predicted octanol–water partition coefficient (Wildman–Crippen LogP) is 2.66. The minimum atomic E-state index is -0.633. The molecule has 0 saturated carbocycles. The Balaban J connectivity index is 2.37. The first-order chi connectivity index (χ1) is 10.9. The van der Waals surface area contributed by atoms with Gasteiger partial charge < -0.3 is 15.5 Å². The third-order valence-corrected chi connectivity index (χ3v) is 3.80. The van der Waals surface area contributed by atoms with Crippen LogP contribution in [0.4, 0.5) is 10.1 Å². The lowest BCUT2D eigenvalue weighted by Crippen LogP contribution is -2.33. The second-order valence-electron chi connectivity index (χ2n) is 5.83. The van der Waals surface area contributed by atoms with Gasteiger partial charge in [-0.15, -0.1) is 0 Å². The molecular formula is C18H22FN3O. The highest BCUT2D eigenvalue weighted by Crippen LogP contribution is 2.28. The average molecular weight is 315 g/mol. The van der Waals surface area contributed by atoms with E-state index < -0.39 is 11.7 Å². The Morgan fingerprint density at radius 1 is 1.13 bits per heavy atom. The topological polar surface area (TPSA) is 49.6 Å². The first-order valence-corrected chi connectivity index (χ1v) is 7.42. The lowest BCUT2D eigenvalue weighted by molar-refractivity contribution is 0.1000. The van der Waals surface area contributed by atoms with E-state index in [0.717, 1.165) is 12.1 Å². The Labute approximate surface area is 136 Å². The zero-order valence-corrected chi connectivity index (χ0v) is 13.7. The SMILES string of the molecule is CN(C)C[C@H](c1ccccc1)N(C)c1ccc(C(N)=O)cc1F. The minimum Gasteiger partial charge on any atom is -0.366 e. The molecule has 0 radical (unpaired) electrons. The maximum atomic E-state index is 14.4. The first kappa shape index (κ1) is 17.0. The number of likely N-dealkylation sites (N-methyl/N-ethyl adjacent to an activating group) is 2. The number of hydrogen-bond acceptors (Lipinski definition) is 3. The Kier molecular flexibility index (Phi) is 5.34. The molecule has 0 spiro atoms. The van der Waals surface area contributed by atoms with Gasteiger partial charge in [-0.25, -0.2) is 4.39 Å². The van der Waals surface area contributed by atoms with E-state index in [1.807, 2.05) is 56.4 Å². The van der Waals surface area contributed by atoms with E-state index in [4.69, 9.17) is 5.73 Å². The summed E-state index contributed by atoms with van der Waals surface area (Å²) in [5, 5.41) is 0. The van der Waals surface area contributed by atoms with Gasteiger partial charge in [0.05, 0.1) is 11.7 Å². The van der Waals surface area contributed by atoms with Crippen LogP contribution >= 0.6 is 0 Å². The van der Waals surface area contributed by atoms with Crippen molar-refractivity contribution in [2.45, 2.75) is 6.04 Å². The standard InChI is InChI=1S/C18H22FN3O/c1-21(2)12-17(13-7-5-4-6-8-13)22(3)16-10-9-14(18(20)23)11-15(16)19/h4-11,17H,12H2,1-3H3,(H2,20,23)/t17-/m1/s1. The van der Waals surface area contributed by atoms with Crippen LogP contribution in [-0.2, 0) is 0 Å². The second kappa shape index (κ2) is 7.24. The summed E-state index contributed by atoms with van der Waals surface area (Å²) in [6, 6.07) is 14.3. The van der Waals surface area contributed by atoms with Gasteiger partial charge in [-0.05, 0) is 37.9 Å². The highest BCUT2D eigenvalue weighted by molar-refractivity contribution is 5.93. The Morgan fingerprint density at radius 3 is 2.30 bits per heavy atom. The molecule has 1 amide bonds. The largest absolute Gasteiger partial charge is 0.366 e. The van der Waals surface area contributed by atoms with Gasteiger partial charge in [-0.2, -0.15) is 0 Å². The number of nitrogens with zero attached hydrogens (tertiary/aromatic N) is 2. The van der Waals surface area contributed by atoms with Crippen LogP contribution in [0.15, 0.2) is 48.5 Å². The van der Waals surface area contributed by atoms with E-state index >= 15 is 0 Å². The molecule has 4 nitrogen and oxygen atoms in total. The van der Waals surface area contributed by atoms with Crippen molar-refractivity contribution in [1.82, 2.24) is 4.90 Å². The molecule has 0 aliphatic carbocycles. The van der Waals surface area contributed by atoms with Gasteiger partial charge in [0.15, 0.2) is 0 Å². The molecule has 2 rings (SSSR count). The lowest BCUT2D eigenvalue weighted by Gasteiger charge is -2.33. The van der Waals surface area contributed by atoms with Crippen molar-refractivity contribution in [2.24, 2.45) is 5.73 Å². The van der Waals surface area contributed by atoms with E-state index in [1.165, 1.54) is 6.07 Å². The molecule has 0 aliphatic rings. The monoisotopic (exact) mass is 315 g/mol. The van der Waals surface area contributed by atoms with Gasteiger partial charge in [0.1, 0.15) is 5.82 Å². The van der Waals surface area contributed by atoms with E-state index in [9.17, 15) is 9.18 Å². The summed E-state index contributed by atoms with van der Waals surface area (Å²) in [5.41, 5.74) is 6.90. The molecule has 122 valence electrons. The molecule has 2 N–H and O–H groups in total. The summed E-state index contributed by atoms with van der Waals surface area (Å²) in [5.74, 6) is -1.09. The molecule has 5 heteroatoms. The summed E-state index contributed by atoms with van der Waals surface area (Å²) in [4.78, 5) is 15.1. The molecule has 0 fully saturated rings. The van der Waals surface area contributed by atoms with Crippen LogP contribution in [0.3, 0.4) is 0 Å². The van der Waals surface area contributed by atoms with Crippen LogP contribution in [0.1, 0.15) is 22.0 Å². The van der Waals surface area contributed by atoms with Gasteiger partial charge in [-0.1, -0.05) is 30.3 Å². The van der Waals surface area contributed by atoms with Gasteiger partial charge in [0.25, 0.3) is 0 Å². The average Bonchev–Trinajstić information content (AvgIpc) is 2.52. The van der Waals surface area contributed by atoms with Crippen molar-refractivity contribution >= 4 is 11.6 Å². The summed E-state index contributed by atoms with van der Waals surface area (Å²) in [6.45, 7) is 0.734. The highest BCUT2D eigenvalue weighted by Gasteiger charge is 2.21. The van der Waals surface area contributed by atoms with Crippen molar-refractivity contribution < 1.29 is 9.18 Å². The molecule has 2 aromatic carbocycles. The Bertz CT molecular complexity index is 673. The van der Waals surface area contributed by atoms with Crippen LogP contribution in [0.2, 0.25) is 0 Å². The van der Waals surface area contributed by atoms with Crippen LogP contribution in [-0.4, -0.2) is 38.5 Å². The van der Waals surface area contributed by atoms with Crippen LogP contribution in [0.25, 0.3) is 0 Å². The third kappa shape index (κ3) is 4.07. The summed E-state index contributed by atoms with van der Waals surface area (Å²) < 4.78 is 14.4. The molecule has 0 saturated heterocycles. The van der Waals surface area contributed by atoms with Gasteiger partial charge >= 0.3 is 0 Å². The number of carbonyl (C=O) groups is 1. The zero-order chi connectivity index (χ0) is 17.0. The molecule has 0 unspecified atom stereocenters. The van der Waals surface area contributed by atoms with Gasteiger partial charge in [0.2, 0.25) is 5.91 Å². The number of hydrogen-bond donors (Lipinski definition) is 1. The minimum absolute atomic E-state index is 0.0138. The fraction of sp³-hybridized carbons (Fsp3) is 0.278. The number of nitrogens with two attached hydrogens (primary N) is 1. The maximum absolute atomic E-state index is 14.4. The number of carbonyl (C=O) groups excluding carboxylic acids is 1. The molecular weight excluding hydrogens is 293 g/mol. The summed E-state index contributed by atoms with van der Waals surface area (Å²) in [6.07, 6.45) is 0. The van der Waals surface area contributed by atoms with Crippen LogP contribution in [0.5, 0.6) is 0 Å². The summed E-state index contributed by atoms with van der Waals surface area (Å²) >= 11 is 0. The molecule has 0 heterocycles. The smallest absolute Gasteiger partial charge is 0.248 e. The number of primary amides is 1. The lowest BCUT2D eigenvalue weighted by atomic mass is 10.0. The molecule has 0 aromatic heterocycles. The highest BCUT2D eigenvalue weighted by atomic mass is 19.1. The molecule has 23 heavy (non-hydrogen) atoms. The molecule has 0 aliphatic heterocycles. The quantitative estimate of drug-likeness (QED) is 0.891. The maximum Gasteiger partial charge on any atom is 0.248 e. The van der Waals surface area contributed by atoms with Crippen molar-refractivity contribution in [3.8, 4) is 0 Å². The van der Waals surface area contributed by atoms with Crippen LogP contribution in [0, 0.1) is 5.82 Å². The predicted molar refractivity (Wildman–Crippen MR) is 91.1 cm³/mol. The van der Waals surface area contributed by atoms with Crippen LogP contribution < -0.4 is 10.6 Å². The van der Waals surface area contributed by atoms with Crippen molar-refractivity contribution in [3.63, 3.8) is 0 Å². The fourth-order valence-corrected chi connectivity index (χ4v) is 2.59. The van der Waals surface area contributed by atoms with Crippen molar-refractivity contribution in [1.29, 1.82) is 0 Å². The Morgan fingerprint density at radius 2 is 1.78 bits per heavy atom. The fourth-order valence-electron chi connectivity index (χ4n) is 2.59. The molecule has 1 atom stereocenters. The zero-order valence-electron chi connectivity index (χ0n) is 13.7. The van der Waals surface area contributed by atoms with E-state index in [-0.39, 0.29) is 11.6 Å². The van der Waals surface area contributed by atoms with Gasteiger partial charge in [0, 0.05) is 19.2 Å². The number of halogens is 1. The Hall–Kier alpha value is -2.40. The number of amides is 1. The molecule has 2 aromatic rings. The first-order valence-electron chi connectivity index (χ1n) is 7.42. The van der Waals surface area contributed by atoms with Gasteiger partial charge in [-0.3, -0.25) is 4.79 Å².